The van der Waals surface area contributed by atoms with E-state index < -0.39 is 12.7 Å². The van der Waals surface area contributed by atoms with Gasteiger partial charge in [-0.2, -0.15) is 0 Å². The lowest BCUT2D eigenvalue weighted by Gasteiger charge is -2.09. The topological polar surface area (TPSA) is 38.9 Å². The predicted octanol–water partition coefficient (Wildman–Crippen LogP) is 2.20. The van der Waals surface area contributed by atoms with Gasteiger partial charge in [-0.1, -0.05) is 18.2 Å². The molecular formula is C11H11FN2. The number of nitrogens with zero attached hydrogens (tertiary/aromatic N) is 1. The van der Waals surface area contributed by atoms with E-state index in [0.717, 1.165) is 16.5 Å². The molecule has 1 aromatic carbocycles. The third-order valence-corrected chi connectivity index (χ3v) is 2.25. The summed E-state index contributed by atoms with van der Waals surface area (Å²) < 4.78 is 12.5. The highest BCUT2D eigenvalue weighted by Crippen LogP contribution is 2.21. The van der Waals surface area contributed by atoms with E-state index in [4.69, 9.17) is 5.73 Å². The molecule has 0 aliphatic rings. The summed E-state index contributed by atoms with van der Waals surface area (Å²) in [5.74, 6) is 0. The highest BCUT2D eigenvalue weighted by molar-refractivity contribution is 5.82. The second kappa shape index (κ2) is 3.72. The van der Waals surface area contributed by atoms with Crippen LogP contribution in [-0.4, -0.2) is 11.7 Å². The Labute approximate surface area is 81.6 Å². The van der Waals surface area contributed by atoms with E-state index >= 15 is 0 Å². The number of rotatable bonds is 2. The van der Waals surface area contributed by atoms with Crippen LogP contribution < -0.4 is 5.73 Å². The molecular weight excluding hydrogens is 179 g/mol. The maximum atomic E-state index is 12.5. The van der Waals surface area contributed by atoms with Crippen molar-refractivity contribution >= 4 is 10.9 Å². The van der Waals surface area contributed by atoms with Gasteiger partial charge in [-0.3, -0.25) is 4.98 Å². The van der Waals surface area contributed by atoms with E-state index in [1.54, 1.807) is 12.3 Å². The van der Waals surface area contributed by atoms with Crippen LogP contribution in [0.3, 0.4) is 0 Å². The Morgan fingerprint density at radius 2 is 2.07 bits per heavy atom. The molecule has 2 nitrogen and oxygen atoms in total. The van der Waals surface area contributed by atoms with Crippen molar-refractivity contribution in [2.75, 3.05) is 6.67 Å². The van der Waals surface area contributed by atoms with Crippen LogP contribution in [0, 0.1) is 0 Å². The third kappa shape index (κ3) is 1.46. The lowest BCUT2D eigenvalue weighted by Crippen LogP contribution is -2.12. The fraction of sp³-hybridized carbons (Fsp3) is 0.182. The maximum absolute atomic E-state index is 12.5. The molecule has 0 aliphatic heterocycles. The number of benzene rings is 1. The molecule has 0 saturated carbocycles. The van der Waals surface area contributed by atoms with Crippen LogP contribution in [0.4, 0.5) is 4.39 Å². The van der Waals surface area contributed by atoms with Crippen molar-refractivity contribution < 1.29 is 4.39 Å². The highest BCUT2D eigenvalue weighted by Gasteiger charge is 2.08. The third-order valence-electron chi connectivity index (χ3n) is 2.25. The molecule has 2 N–H and O–H groups in total. The zero-order chi connectivity index (χ0) is 9.97. The van der Waals surface area contributed by atoms with Crippen LogP contribution >= 0.6 is 0 Å². The summed E-state index contributed by atoms with van der Waals surface area (Å²) in [6, 6.07) is 8.82. The van der Waals surface area contributed by atoms with Crippen molar-refractivity contribution in [3.05, 3.63) is 42.1 Å². The van der Waals surface area contributed by atoms with Crippen molar-refractivity contribution in [3.63, 3.8) is 0 Å². The fourth-order valence-electron chi connectivity index (χ4n) is 1.52. The summed E-state index contributed by atoms with van der Waals surface area (Å²) in [5, 5.41) is 0.931. The Balaban J connectivity index is 2.65. The second-order valence-corrected chi connectivity index (χ2v) is 3.18. The van der Waals surface area contributed by atoms with Gasteiger partial charge in [0.25, 0.3) is 0 Å². The molecule has 72 valence electrons. The summed E-state index contributed by atoms with van der Waals surface area (Å²) in [7, 11) is 0. The molecule has 1 heterocycles. The average molecular weight is 190 g/mol. The van der Waals surface area contributed by atoms with Crippen LogP contribution in [0.2, 0.25) is 0 Å². The number of hydrogen-bond acceptors (Lipinski definition) is 2. The Hall–Kier alpha value is -1.48. The molecule has 2 aromatic rings. The lowest BCUT2D eigenvalue weighted by molar-refractivity contribution is 0.438. The SMILES string of the molecule is N[C@@H](CF)c1ccnc2ccccc12. The number of hydrogen-bond donors (Lipinski definition) is 1. The fourth-order valence-corrected chi connectivity index (χ4v) is 1.52. The molecule has 0 bridgehead atoms. The second-order valence-electron chi connectivity index (χ2n) is 3.18. The molecule has 2 rings (SSSR count). The normalized spacial score (nSPS) is 13.0. The Kier molecular flexibility index (Phi) is 2.41. The molecule has 0 saturated heterocycles. The summed E-state index contributed by atoms with van der Waals surface area (Å²) in [5.41, 5.74) is 7.33. The molecule has 0 fully saturated rings. The molecule has 1 atom stereocenters. The number of alkyl halides is 1. The van der Waals surface area contributed by atoms with E-state index in [9.17, 15) is 4.39 Å². The quantitative estimate of drug-likeness (QED) is 0.788. The maximum Gasteiger partial charge on any atom is 0.109 e. The van der Waals surface area contributed by atoms with Crippen molar-refractivity contribution in [2.45, 2.75) is 6.04 Å². The number of halogens is 1. The van der Waals surface area contributed by atoms with Crippen LogP contribution in [0.15, 0.2) is 36.5 Å². The Bertz CT molecular complexity index is 437. The first-order valence-corrected chi connectivity index (χ1v) is 4.48. The largest absolute Gasteiger partial charge is 0.322 e. The molecule has 0 amide bonds. The number of para-hydroxylation sites is 1. The van der Waals surface area contributed by atoms with Crippen LogP contribution in [0.1, 0.15) is 11.6 Å². The minimum atomic E-state index is -0.553. The molecule has 14 heavy (non-hydrogen) atoms. The van der Waals surface area contributed by atoms with Gasteiger partial charge in [0, 0.05) is 11.6 Å². The standard InChI is InChI=1S/C11H11FN2/c12-7-10(13)8-5-6-14-11-4-2-1-3-9(8)11/h1-6,10H,7,13H2/t10-/m0/s1. The van der Waals surface area contributed by atoms with Gasteiger partial charge < -0.3 is 5.73 Å². The van der Waals surface area contributed by atoms with Gasteiger partial charge in [-0.15, -0.1) is 0 Å². The van der Waals surface area contributed by atoms with Crippen LogP contribution in [0.25, 0.3) is 10.9 Å². The van der Waals surface area contributed by atoms with Gasteiger partial charge in [-0.25, -0.2) is 4.39 Å². The monoisotopic (exact) mass is 190 g/mol. The predicted molar refractivity (Wildman–Crippen MR) is 54.6 cm³/mol. The van der Waals surface area contributed by atoms with Gasteiger partial charge in [0.15, 0.2) is 0 Å². The molecule has 0 aliphatic carbocycles. The first-order valence-electron chi connectivity index (χ1n) is 4.48. The number of pyridine rings is 1. The molecule has 0 unspecified atom stereocenters. The first kappa shape index (κ1) is 9.09. The summed E-state index contributed by atoms with van der Waals surface area (Å²) in [6.45, 7) is -0.548. The van der Waals surface area contributed by atoms with Crippen molar-refractivity contribution in [1.82, 2.24) is 4.98 Å². The van der Waals surface area contributed by atoms with E-state index in [1.165, 1.54) is 0 Å². The summed E-state index contributed by atoms with van der Waals surface area (Å²) >= 11 is 0. The summed E-state index contributed by atoms with van der Waals surface area (Å²) in [6.07, 6.45) is 1.66. The van der Waals surface area contributed by atoms with Gasteiger partial charge in [0.2, 0.25) is 0 Å². The van der Waals surface area contributed by atoms with Crippen LogP contribution in [0.5, 0.6) is 0 Å². The van der Waals surface area contributed by atoms with E-state index in [-0.39, 0.29) is 0 Å². The molecule has 0 radical (unpaired) electrons. The summed E-state index contributed by atoms with van der Waals surface area (Å²) in [4.78, 5) is 4.18. The van der Waals surface area contributed by atoms with Gasteiger partial charge in [0.05, 0.1) is 11.6 Å². The Morgan fingerprint density at radius 3 is 2.86 bits per heavy atom. The number of fused-ring (bicyclic) bond motifs is 1. The van der Waals surface area contributed by atoms with E-state index in [1.807, 2.05) is 24.3 Å². The number of nitrogens with two attached hydrogens (primary N) is 1. The van der Waals surface area contributed by atoms with Gasteiger partial charge >= 0.3 is 0 Å². The van der Waals surface area contributed by atoms with E-state index in [2.05, 4.69) is 4.98 Å². The van der Waals surface area contributed by atoms with Crippen molar-refractivity contribution in [1.29, 1.82) is 0 Å². The minimum Gasteiger partial charge on any atom is -0.322 e. The molecule has 0 spiro atoms. The van der Waals surface area contributed by atoms with Gasteiger partial charge in [0.1, 0.15) is 6.67 Å². The first-order chi connectivity index (χ1) is 6.83. The lowest BCUT2D eigenvalue weighted by atomic mass is 10.0. The van der Waals surface area contributed by atoms with Crippen LogP contribution in [-0.2, 0) is 0 Å². The zero-order valence-electron chi connectivity index (χ0n) is 7.65. The van der Waals surface area contributed by atoms with E-state index in [0.29, 0.717) is 0 Å². The zero-order valence-corrected chi connectivity index (χ0v) is 7.65. The smallest absolute Gasteiger partial charge is 0.109 e. The minimum absolute atomic E-state index is 0.548. The Morgan fingerprint density at radius 1 is 1.29 bits per heavy atom. The molecule has 1 aromatic heterocycles. The highest BCUT2D eigenvalue weighted by atomic mass is 19.1. The average Bonchev–Trinajstić information content (AvgIpc) is 2.27. The van der Waals surface area contributed by atoms with Crippen molar-refractivity contribution in [2.24, 2.45) is 5.73 Å². The molecule has 3 heteroatoms. The van der Waals surface area contributed by atoms with Gasteiger partial charge in [-0.05, 0) is 17.7 Å². The van der Waals surface area contributed by atoms with Crippen molar-refractivity contribution in [3.8, 4) is 0 Å². The number of aromatic nitrogens is 1.